The van der Waals surface area contributed by atoms with Gasteiger partial charge in [0.15, 0.2) is 0 Å². The number of hydrogen-bond acceptors (Lipinski definition) is 1. The van der Waals surface area contributed by atoms with Crippen LogP contribution in [0.4, 0.5) is 0 Å². The fraction of sp³-hybridized carbons (Fsp3) is 1.00. The van der Waals surface area contributed by atoms with Gasteiger partial charge in [-0.25, -0.2) is 0 Å². The van der Waals surface area contributed by atoms with E-state index < -0.39 is 0 Å². The second-order valence-electron chi connectivity index (χ2n) is 3.12. The molecule has 2 atom stereocenters. The van der Waals surface area contributed by atoms with Crippen LogP contribution in [-0.2, 0) is 0 Å². The maximum Gasteiger partial charge on any atom is 0.00670 e. The van der Waals surface area contributed by atoms with E-state index in [2.05, 4.69) is 6.92 Å². The Hall–Kier alpha value is 0.250. The molecule has 62 valence electrons. The molecule has 0 saturated heterocycles. The molecule has 1 rings (SSSR count). The van der Waals surface area contributed by atoms with Crippen LogP contribution < -0.4 is 5.73 Å². The molecule has 1 saturated carbocycles. The largest absolute Gasteiger partial charge is 0.327 e. The average molecular weight is 164 g/mol. The van der Waals surface area contributed by atoms with Crippen molar-refractivity contribution >= 4 is 12.4 Å². The van der Waals surface area contributed by atoms with Gasteiger partial charge in [0.1, 0.15) is 0 Å². The molecule has 0 aromatic rings. The topological polar surface area (TPSA) is 26.0 Å². The minimum absolute atomic E-state index is 0. The molecule has 0 heterocycles. The van der Waals surface area contributed by atoms with Crippen LogP contribution in [0, 0.1) is 5.92 Å². The summed E-state index contributed by atoms with van der Waals surface area (Å²) in [5, 5.41) is 0. The molecule has 1 fully saturated rings. The van der Waals surface area contributed by atoms with E-state index in [0.29, 0.717) is 6.04 Å². The van der Waals surface area contributed by atoms with Gasteiger partial charge in [-0.1, -0.05) is 26.2 Å². The zero-order valence-electron chi connectivity index (χ0n) is 6.68. The third kappa shape index (κ3) is 2.47. The van der Waals surface area contributed by atoms with Gasteiger partial charge in [0.25, 0.3) is 0 Å². The lowest BCUT2D eigenvalue weighted by molar-refractivity contribution is 0.300. The van der Waals surface area contributed by atoms with E-state index in [1.807, 2.05) is 0 Å². The van der Waals surface area contributed by atoms with Crippen LogP contribution in [-0.4, -0.2) is 6.04 Å². The van der Waals surface area contributed by atoms with E-state index in [4.69, 9.17) is 5.73 Å². The van der Waals surface area contributed by atoms with E-state index >= 15 is 0 Å². The Balaban J connectivity index is 0.000000810. The van der Waals surface area contributed by atoms with E-state index in [1.54, 1.807) is 0 Å². The summed E-state index contributed by atoms with van der Waals surface area (Å²) in [5.41, 5.74) is 5.89. The highest BCUT2D eigenvalue weighted by molar-refractivity contribution is 5.85. The average Bonchev–Trinajstić information content (AvgIpc) is 1.89. The number of halogens is 1. The van der Waals surface area contributed by atoms with E-state index in [9.17, 15) is 0 Å². The second kappa shape index (κ2) is 4.97. The first-order valence-corrected chi connectivity index (χ1v) is 4.10. The zero-order chi connectivity index (χ0) is 6.69. The third-order valence-electron chi connectivity index (χ3n) is 2.49. The van der Waals surface area contributed by atoms with Crippen LogP contribution in [0.15, 0.2) is 0 Å². The van der Waals surface area contributed by atoms with Crippen LogP contribution in [0.25, 0.3) is 0 Å². The minimum atomic E-state index is 0. The van der Waals surface area contributed by atoms with Crippen LogP contribution in [0.3, 0.4) is 0 Å². The van der Waals surface area contributed by atoms with Crippen molar-refractivity contribution in [3.8, 4) is 0 Å². The highest BCUT2D eigenvalue weighted by Crippen LogP contribution is 2.24. The van der Waals surface area contributed by atoms with Gasteiger partial charge in [-0.3, -0.25) is 0 Å². The van der Waals surface area contributed by atoms with Crippen molar-refractivity contribution < 1.29 is 0 Å². The molecule has 0 radical (unpaired) electrons. The van der Waals surface area contributed by atoms with Gasteiger partial charge in [0.05, 0.1) is 0 Å². The van der Waals surface area contributed by atoms with E-state index in [0.717, 1.165) is 5.92 Å². The molecule has 0 aromatic carbocycles. The standard InChI is InChI=1S/C8H17N.ClH/c1-2-7-5-3-4-6-8(7)9;/h7-8H,2-6,9H2,1H3;1H/t7-,8+;/m0./s1. The summed E-state index contributed by atoms with van der Waals surface area (Å²) >= 11 is 0. The zero-order valence-corrected chi connectivity index (χ0v) is 7.49. The molecule has 10 heavy (non-hydrogen) atoms. The summed E-state index contributed by atoms with van der Waals surface area (Å²) in [6.07, 6.45) is 6.68. The second-order valence-corrected chi connectivity index (χ2v) is 3.12. The molecule has 0 unspecified atom stereocenters. The first-order chi connectivity index (χ1) is 4.34. The summed E-state index contributed by atoms with van der Waals surface area (Å²) in [4.78, 5) is 0. The molecule has 0 aromatic heterocycles. The normalized spacial score (nSPS) is 33.0. The highest BCUT2D eigenvalue weighted by Gasteiger charge is 2.18. The molecule has 1 aliphatic rings. The molecule has 0 amide bonds. The number of rotatable bonds is 1. The molecule has 1 aliphatic carbocycles. The van der Waals surface area contributed by atoms with Gasteiger partial charge in [0, 0.05) is 6.04 Å². The summed E-state index contributed by atoms with van der Waals surface area (Å²) in [6.45, 7) is 2.25. The highest BCUT2D eigenvalue weighted by atomic mass is 35.5. The van der Waals surface area contributed by atoms with Crippen LogP contribution in [0.1, 0.15) is 39.0 Å². The van der Waals surface area contributed by atoms with Crippen molar-refractivity contribution in [2.45, 2.75) is 45.1 Å². The Labute approximate surface area is 69.8 Å². The molecule has 0 aliphatic heterocycles. The van der Waals surface area contributed by atoms with Crippen molar-refractivity contribution in [1.82, 2.24) is 0 Å². The fourth-order valence-electron chi connectivity index (χ4n) is 1.74. The van der Waals surface area contributed by atoms with Gasteiger partial charge in [-0.2, -0.15) is 0 Å². The monoisotopic (exact) mass is 163 g/mol. The lowest BCUT2D eigenvalue weighted by atomic mass is 9.84. The van der Waals surface area contributed by atoms with Crippen molar-refractivity contribution in [3.63, 3.8) is 0 Å². The summed E-state index contributed by atoms with van der Waals surface area (Å²) in [5.74, 6) is 0.832. The third-order valence-corrected chi connectivity index (χ3v) is 2.49. The smallest absolute Gasteiger partial charge is 0.00670 e. The first-order valence-electron chi connectivity index (χ1n) is 4.10. The number of nitrogens with two attached hydrogens (primary N) is 1. The lowest BCUT2D eigenvalue weighted by Gasteiger charge is -2.27. The Bertz CT molecular complexity index is 85.3. The number of hydrogen-bond donors (Lipinski definition) is 1. The Kier molecular flexibility index (Phi) is 5.10. The predicted molar refractivity (Wildman–Crippen MR) is 47.5 cm³/mol. The fourth-order valence-corrected chi connectivity index (χ4v) is 1.74. The maximum atomic E-state index is 5.89. The van der Waals surface area contributed by atoms with Crippen molar-refractivity contribution in [1.29, 1.82) is 0 Å². The van der Waals surface area contributed by atoms with Crippen LogP contribution >= 0.6 is 12.4 Å². The molecule has 0 spiro atoms. The summed E-state index contributed by atoms with van der Waals surface area (Å²) in [6, 6.07) is 0.517. The molecule has 1 nitrogen and oxygen atoms in total. The van der Waals surface area contributed by atoms with Crippen molar-refractivity contribution in [3.05, 3.63) is 0 Å². The molecule has 2 N–H and O–H groups in total. The molecule has 0 bridgehead atoms. The van der Waals surface area contributed by atoms with Crippen molar-refractivity contribution in [2.75, 3.05) is 0 Å². The summed E-state index contributed by atoms with van der Waals surface area (Å²) in [7, 11) is 0. The molecule has 2 heteroatoms. The van der Waals surface area contributed by atoms with Gasteiger partial charge >= 0.3 is 0 Å². The lowest BCUT2D eigenvalue weighted by Crippen LogP contribution is -2.32. The minimum Gasteiger partial charge on any atom is -0.327 e. The van der Waals surface area contributed by atoms with Crippen LogP contribution in [0.2, 0.25) is 0 Å². The Morgan fingerprint density at radius 2 is 1.90 bits per heavy atom. The Morgan fingerprint density at radius 1 is 1.30 bits per heavy atom. The van der Waals surface area contributed by atoms with E-state index in [-0.39, 0.29) is 12.4 Å². The quantitative estimate of drug-likeness (QED) is 0.631. The van der Waals surface area contributed by atoms with Gasteiger partial charge < -0.3 is 5.73 Å². The Morgan fingerprint density at radius 3 is 2.30 bits per heavy atom. The SMILES string of the molecule is CC[C@H]1CCCC[C@H]1N.Cl. The summed E-state index contributed by atoms with van der Waals surface area (Å²) < 4.78 is 0. The predicted octanol–water partition coefficient (Wildman–Crippen LogP) is 2.34. The van der Waals surface area contributed by atoms with Gasteiger partial charge in [-0.15, -0.1) is 12.4 Å². The molecular formula is C8H18ClN. The first kappa shape index (κ1) is 10.2. The van der Waals surface area contributed by atoms with Crippen LogP contribution in [0.5, 0.6) is 0 Å². The van der Waals surface area contributed by atoms with Gasteiger partial charge in [-0.05, 0) is 18.8 Å². The van der Waals surface area contributed by atoms with E-state index in [1.165, 1.54) is 32.1 Å². The molecular weight excluding hydrogens is 146 g/mol. The van der Waals surface area contributed by atoms with Gasteiger partial charge in [0.2, 0.25) is 0 Å². The van der Waals surface area contributed by atoms with Crippen molar-refractivity contribution in [2.24, 2.45) is 11.7 Å². The maximum absolute atomic E-state index is 5.89.